The molecule has 0 atom stereocenters. The van der Waals surface area contributed by atoms with Crippen LogP contribution in [0.3, 0.4) is 0 Å². The van der Waals surface area contributed by atoms with E-state index in [9.17, 15) is 9.59 Å². The molecule has 0 spiro atoms. The van der Waals surface area contributed by atoms with E-state index in [1.807, 2.05) is 0 Å². The Bertz CT molecular complexity index is 410. The Morgan fingerprint density at radius 2 is 1.44 bits per heavy atom. The zero-order valence-corrected chi connectivity index (χ0v) is 16.4. The topological polar surface area (TPSA) is 52.6 Å². The minimum Gasteiger partial charge on any atom is -0.469 e. The van der Waals surface area contributed by atoms with Crippen molar-refractivity contribution < 1.29 is 19.1 Å². The number of hydrogen-bond acceptors (Lipinski definition) is 4. The molecule has 4 heteroatoms. The Kier molecular flexibility index (Phi) is 16.2. The molecule has 0 saturated carbocycles. The van der Waals surface area contributed by atoms with Crippen molar-refractivity contribution in [1.82, 2.24) is 0 Å². The molecule has 0 rings (SSSR count). The largest absolute Gasteiger partial charge is 0.469 e. The minimum atomic E-state index is -0.306. The summed E-state index contributed by atoms with van der Waals surface area (Å²) in [5.74, 6) is 0.0706. The van der Waals surface area contributed by atoms with Crippen LogP contribution in [0.2, 0.25) is 0 Å². The van der Waals surface area contributed by atoms with Gasteiger partial charge in [-0.25, -0.2) is 0 Å². The number of methoxy groups -OCH3 is 1. The van der Waals surface area contributed by atoms with Crippen LogP contribution in [0, 0.1) is 0 Å². The summed E-state index contributed by atoms with van der Waals surface area (Å²) >= 11 is 0. The first-order valence-electron chi connectivity index (χ1n) is 9.71. The van der Waals surface area contributed by atoms with Gasteiger partial charge in [-0.2, -0.15) is 0 Å². The number of allylic oxidation sites excluding steroid dienone is 3. The van der Waals surface area contributed by atoms with Gasteiger partial charge in [-0.15, -0.1) is 0 Å². The van der Waals surface area contributed by atoms with Crippen LogP contribution in [0.4, 0.5) is 0 Å². The van der Waals surface area contributed by atoms with E-state index in [1.165, 1.54) is 65.4 Å². The predicted octanol–water partition coefficient (Wildman–Crippen LogP) is 5.86. The standard InChI is InChI=1S/C21H36O4/c1-4-5-6-7-8-9-10-11-12-13-16-20(25-19(2)22)17-14-15-18-21(23)24-3/h14-15,17H,4-13,16,18H2,1-3H3/b15-14-,20-17+. The van der Waals surface area contributed by atoms with Crippen molar-refractivity contribution in [3.63, 3.8) is 0 Å². The SMILES string of the molecule is CCCCCCCCCCCC/C(=C\C=C/CC(=O)OC)OC(C)=O. The lowest BCUT2D eigenvalue weighted by atomic mass is 10.1. The maximum Gasteiger partial charge on any atom is 0.309 e. The van der Waals surface area contributed by atoms with Crippen molar-refractivity contribution in [2.75, 3.05) is 7.11 Å². The molecule has 0 saturated heterocycles. The number of ether oxygens (including phenoxy) is 2. The van der Waals surface area contributed by atoms with Crippen molar-refractivity contribution in [2.24, 2.45) is 0 Å². The minimum absolute atomic E-state index is 0.221. The fourth-order valence-corrected chi connectivity index (χ4v) is 2.56. The van der Waals surface area contributed by atoms with E-state index >= 15 is 0 Å². The summed E-state index contributed by atoms with van der Waals surface area (Å²) in [5, 5.41) is 0. The second kappa shape index (κ2) is 17.2. The highest BCUT2D eigenvalue weighted by atomic mass is 16.5. The number of esters is 2. The van der Waals surface area contributed by atoms with E-state index in [4.69, 9.17) is 4.74 Å². The highest BCUT2D eigenvalue weighted by Crippen LogP contribution is 2.15. The van der Waals surface area contributed by atoms with Gasteiger partial charge in [0.2, 0.25) is 0 Å². The first-order valence-corrected chi connectivity index (χ1v) is 9.71. The van der Waals surface area contributed by atoms with Gasteiger partial charge in [0, 0.05) is 13.3 Å². The fraction of sp³-hybridized carbons (Fsp3) is 0.714. The fourth-order valence-electron chi connectivity index (χ4n) is 2.56. The lowest BCUT2D eigenvalue weighted by Crippen LogP contribution is -1.99. The highest BCUT2D eigenvalue weighted by Gasteiger charge is 2.02. The molecular weight excluding hydrogens is 316 g/mol. The van der Waals surface area contributed by atoms with Gasteiger partial charge in [-0.3, -0.25) is 9.59 Å². The molecule has 0 amide bonds. The van der Waals surface area contributed by atoms with Crippen LogP contribution >= 0.6 is 0 Å². The highest BCUT2D eigenvalue weighted by molar-refractivity contribution is 5.71. The van der Waals surface area contributed by atoms with Crippen LogP contribution < -0.4 is 0 Å². The van der Waals surface area contributed by atoms with E-state index in [0.29, 0.717) is 5.76 Å². The molecule has 0 radical (unpaired) electrons. The second-order valence-electron chi connectivity index (χ2n) is 6.37. The number of rotatable bonds is 15. The molecule has 0 aromatic carbocycles. The smallest absolute Gasteiger partial charge is 0.309 e. The molecule has 0 aromatic rings. The maximum absolute atomic E-state index is 11.2. The van der Waals surface area contributed by atoms with E-state index in [0.717, 1.165) is 19.3 Å². The van der Waals surface area contributed by atoms with Crippen LogP contribution in [-0.4, -0.2) is 19.0 Å². The Balaban J connectivity index is 3.88. The van der Waals surface area contributed by atoms with Crippen LogP contribution in [-0.2, 0) is 19.1 Å². The van der Waals surface area contributed by atoms with Crippen LogP contribution in [0.15, 0.2) is 24.0 Å². The first-order chi connectivity index (χ1) is 12.1. The van der Waals surface area contributed by atoms with Crippen LogP contribution in [0.5, 0.6) is 0 Å². The van der Waals surface area contributed by atoms with Gasteiger partial charge in [0.15, 0.2) is 0 Å². The summed E-state index contributed by atoms with van der Waals surface area (Å²) in [4.78, 5) is 22.2. The Morgan fingerprint density at radius 1 is 0.880 bits per heavy atom. The number of hydrogen-bond donors (Lipinski definition) is 0. The molecule has 0 bridgehead atoms. The van der Waals surface area contributed by atoms with Gasteiger partial charge in [0.25, 0.3) is 0 Å². The van der Waals surface area contributed by atoms with Crippen molar-refractivity contribution in [3.8, 4) is 0 Å². The van der Waals surface area contributed by atoms with E-state index < -0.39 is 0 Å². The molecule has 0 unspecified atom stereocenters. The van der Waals surface area contributed by atoms with Crippen molar-refractivity contribution >= 4 is 11.9 Å². The molecular formula is C21H36O4. The molecule has 0 aromatic heterocycles. The summed E-state index contributed by atoms with van der Waals surface area (Å²) in [6, 6.07) is 0. The third-order valence-electron chi connectivity index (χ3n) is 3.98. The van der Waals surface area contributed by atoms with Crippen LogP contribution in [0.25, 0.3) is 0 Å². The zero-order valence-electron chi connectivity index (χ0n) is 16.4. The molecule has 144 valence electrons. The Hall–Kier alpha value is -1.58. The third-order valence-corrected chi connectivity index (χ3v) is 3.98. The van der Waals surface area contributed by atoms with E-state index in [1.54, 1.807) is 18.2 Å². The van der Waals surface area contributed by atoms with Crippen molar-refractivity contribution in [1.29, 1.82) is 0 Å². The molecule has 0 aliphatic carbocycles. The van der Waals surface area contributed by atoms with Gasteiger partial charge in [0.1, 0.15) is 5.76 Å². The zero-order chi connectivity index (χ0) is 18.8. The number of carbonyl (C=O) groups excluding carboxylic acids is 2. The average Bonchev–Trinajstić information content (AvgIpc) is 2.59. The predicted molar refractivity (Wildman–Crippen MR) is 102 cm³/mol. The summed E-state index contributed by atoms with van der Waals surface area (Å²) in [5.41, 5.74) is 0. The summed E-state index contributed by atoms with van der Waals surface area (Å²) in [6.07, 6.45) is 18.9. The number of unbranched alkanes of at least 4 members (excludes halogenated alkanes) is 9. The molecule has 25 heavy (non-hydrogen) atoms. The summed E-state index contributed by atoms with van der Waals surface area (Å²) in [7, 11) is 1.36. The average molecular weight is 353 g/mol. The summed E-state index contributed by atoms with van der Waals surface area (Å²) in [6.45, 7) is 3.65. The van der Waals surface area contributed by atoms with Crippen molar-refractivity contribution in [2.45, 2.75) is 90.9 Å². The summed E-state index contributed by atoms with van der Waals surface area (Å²) < 4.78 is 9.79. The van der Waals surface area contributed by atoms with E-state index in [2.05, 4.69) is 11.7 Å². The van der Waals surface area contributed by atoms with Gasteiger partial charge in [-0.1, -0.05) is 76.9 Å². The molecule has 0 N–H and O–H groups in total. The Morgan fingerprint density at radius 3 is 1.96 bits per heavy atom. The van der Waals surface area contributed by atoms with Crippen LogP contribution in [0.1, 0.15) is 90.9 Å². The first kappa shape index (κ1) is 23.4. The molecule has 0 heterocycles. The number of carbonyl (C=O) groups is 2. The molecule has 0 fully saturated rings. The second-order valence-corrected chi connectivity index (χ2v) is 6.37. The Labute approximate surface area is 153 Å². The molecule has 0 aliphatic heterocycles. The molecule has 0 aliphatic rings. The van der Waals surface area contributed by atoms with Crippen molar-refractivity contribution in [3.05, 3.63) is 24.0 Å². The quantitative estimate of drug-likeness (QED) is 0.160. The van der Waals surface area contributed by atoms with E-state index in [-0.39, 0.29) is 18.4 Å². The third kappa shape index (κ3) is 17.0. The lowest BCUT2D eigenvalue weighted by Gasteiger charge is -2.06. The lowest BCUT2D eigenvalue weighted by molar-refractivity contribution is -0.139. The maximum atomic E-state index is 11.2. The molecule has 4 nitrogen and oxygen atoms in total. The monoisotopic (exact) mass is 352 g/mol. The normalized spacial score (nSPS) is 11.7. The van der Waals surface area contributed by atoms with Gasteiger partial charge >= 0.3 is 11.9 Å². The van der Waals surface area contributed by atoms with Gasteiger partial charge in [-0.05, 0) is 12.5 Å². The van der Waals surface area contributed by atoms with Gasteiger partial charge in [0.05, 0.1) is 13.5 Å². The van der Waals surface area contributed by atoms with Gasteiger partial charge < -0.3 is 9.47 Å².